The lowest BCUT2D eigenvalue weighted by Gasteiger charge is -2.09. The first kappa shape index (κ1) is 9.09. The molecule has 0 radical (unpaired) electrons. The van der Waals surface area contributed by atoms with Gasteiger partial charge in [0.1, 0.15) is 5.76 Å². The molecule has 0 aliphatic carbocycles. The maximum atomic E-state index is 5.29. The molecule has 0 unspecified atom stereocenters. The minimum atomic E-state index is 0.250. The third kappa shape index (κ3) is 2.06. The number of hydrogen-bond acceptors (Lipinski definition) is 2. The lowest BCUT2D eigenvalue weighted by molar-refractivity contribution is 0.430. The molecule has 0 spiro atoms. The molecule has 0 bridgehead atoms. The molecule has 2 aromatic heterocycles. The van der Waals surface area contributed by atoms with Crippen LogP contribution in [-0.4, -0.2) is 4.98 Å². The van der Waals surface area contributed by atoms with Gasteiger partial charge in [-0.05, 0) is 30.7 Å². The summed E-state index contributed by atoms with van der Waals surface area (Å²) >= 11 is 0. The van der Waals surface area contributed by atoms with Crippen LogP contribution in [0.2, 0.25) is 0 Å². The highest BCUT2D eigenvalue weighted by Gasteiger charge is 2.06. The number of H-pyrrole nitrogens is 1. The first-order valence-corrected chi connectivity index (χ1v) is 4.75. The van der Waals surface area contributed by atoms with Crippen molar-refractivity contribution in [3.63, 3.8) is 0 Å². The van der Waals surface area contributed by atoms with E-state index in [2.05, 4.69) is 23.3 Å². The number of furan rings is 1. The van der Waals surface area contributed by atoms with Gasteiger partial charge < -0.3 is 14.7 Å². The number of hydrogen-bond donors (Lipinski definition) is 2. The fourth-order valence-corrected chi connectivity index (χ4v) is 1.38. The minimum Gasteiger partial charge on any atom is -0.468 e. The smallest absolute Gasteiger partial charge is 0.120 e. The van der Waals surface area contributed by atoms with E-state index in [1.54, 1.807) is 6.26 Å². The predicted molar refractivity (Wildman–Crippen MR) is 54.8 cm³/mol. The number of aromatic nitrogens is 1. The second kappa shape index (κ2) is 4.15. The summed E-state index contributed by atoms with van der Waals surface area (Å²) in [5.74, 6) is 0.973. The van der Waals surface area contributed by atoms with E-state index in [4.69, 9.17) is 4.42 Å². The monoisotopic (exact) mass is 190 g/mol. The fraction of sp³-hybridized carbons (Fsp3) is 0.273. The van der Waals surface area contributed by atoms with Crippen LogP contribution in [0.3, 0.4) is 0 Å². The van der Waals surface area contributed by atoms with Gasteiger partial charge in [0.2, 0.25) is 0 Å². The van der Waals surface area contributed by atoms with Crippen LogP contribution in [0.4, 0.5) is 0 Å². The Hall–Kier alpha value is -1.48. The summed E-state index contributed by atoms with van der Waals surface area (Å²) in [4.78, 5) is 3.02. The molecule has 2 N–H and O–H groups in total. The highest BCUT2D eigenvalue weighted by molar-refractivity contribution is 5.09. The maximum Gasteiger partial charge on any atom is 0.120 e. The number of nitrogens with one attached hydrogen (secondary N) is 2. The summed E-state index contributed by atoms with van der Waals surface area (Å²) in [6, 6.07) is 6.19. The van der Waals surface area contributed by atoms with Gasteiger partial charge in [-0.3, -0.25) is 0 Å². The van der Waals surface area contributed by atoms with E-state index in [1.807, 2.05) is 24.5 Å². The summed E-state index contributed by atoms with van der Waals surface area (Å²) < 4.78 is 5.29. The minimum absolute atomic E-state index is 0.250. The Morgan fingerprint density at radius 2 is 2.43 bits per heavy atom. The van der Waals surface area contributed by atoms with E-state index in [0.29, 0.717) is 0 Å². The zero-order valence-electron chi connectivity index (χ0n) is 8.16. The van der Waals surface area contributed by atoms with Gasteiger partial charge in [-0.15, -0.1) is 0 Å². The van der Waals surface area contributed by atoms with Crippen LogP contribution in [0, 0.1) is 0 Å². The topological polar surface area (TPSA) is 41.0 Å². The van der Waals surface area contributed by atoms with E-state index in [9.17, 15) is 0 Å². The van der Waals surface area contributed by atoms with E-state index in [-0.39, 0.29) is 6.04 Å². The molecule has 1 atom stereocenters. The summed E-state index contributed by atoms with van der Waals surface area (Å²) in [6.07, 6.45) is 5.61. The van der Waals surface area contributed by atoms with E-state index in [0.717, 1.165) is 12.3 Å². The van der Waals surface area contributed by atoms with Crippen molar-refractivity contribution in [1.82, 2.24) is 10.3 Å². The third-order valence-electron chi connectivity index (χ3n) is 2.24. The summed E-state index contributed by atoms with van der Waals surface area (Å²) in [6.45, 7) is 2.94. The van der Waals surface area contributed by atoms with Gasteiger partial charge in [0, 0.05) is 18.9 Å². The molecule has 0 aromatic carbocycles. The van der Waals surface area contributed by atoms with Crippen LogP contribution in [-0.2, 0) is 6.54 Å². The van der Waals surface area contributed by atoms with Crippen LogP contribution in [0.5, 0.6) is 0 Å². The Morgan fingerprint density at radius 3 is 3.07 bits per heavy atom. The van der Waals surface area contributed by atoms with Crippen LogP contribution in [0.15, 0.2) is 41.3 Å². The Balaban J connectivity index is 1.87. The van der Waals surface area contributed by atoms with Crippen molar-refractivity contribution in [2.24, 2.45) is 0 Å². The van der Waals surface area contributed by atoms with Crippen LogP contribution < -0.4 is 5.32 Å². The second-order valence-electron chi connectivity index (χ2n) is 3.34. The first-order chi connectivity index (χ1) is 6.86. The summed E-state index contributed by atoms with van der Waals surface area (Å²) in [5, 5.41) is 3.37. The average molecular weight is 190 g/mol. The summed E-state index contributed by atoms with van der Waals surface area (Å²) in [7, 11) is 0. The molecule has 2 aromatic rings. The molecule has 0 amide bonds. The molecule has 3 nitrogen and oxygen atoms in total. The molecule has 14 heavy (non-hydrogen) atoms. The molecule has 0 aliphatic heterocycles. The molecule has 2 heterocycles. The summed E-state index contributed by atoms with van der Waals surface area (Å²) in [5.41, 5.74) is 1.25. The zero-order valence-corrected chi connectivity index (χ0v) is 8.16. The van der Waals surface area contributed by atoms with Crippen LogP contribution >= 0.6 is 0 Å². The Labute approximate surface area is 83.1 Å². The van der Waals surface area contributed by atoms with E-state index >= 15 is 0 Å². The van der Waals surface area contributed by atoms with Crippen molar-refractivity contribution in [2.75, 3.05) is 0 Å². The molecular weight excluding hydrogens is 176 g/mol. The third-order valence-corrected chi connectivity index (χ3v) is 2.24. The van der Waals surface area contributed by atoms with Crippen molar-refractivity contribution in [3.05, 3.63) is 48.2 Å². The molecule has 0 saturated carbocycles. The van der Waals surface area contributed by atoms with Crippen molar-refractivity contribution in [1.29, 1.82) is 0 Å². The molecule has 0 aliphatic rings. The Kier molecular flexibility index (Phi) is 2.70. The van der Waals surface area contributed by atoms with Crippen LogP contribution in [0.1, 0.15) is 24.3 Å². The quantitative estimate of drug-likeness (QED) is 0.777. The van der Waals surface area contributed by atoms with Crippen molar-refractivity contribution in [2.45, 2.75) is 19.5 Å². The highest BCUT2D eigenvalue weighted by Crippen LogP contribution is 2.12. The lowest BCUT2D eigenvalue weighted by atomic mass is 10.2. The Bertz CT molecular complexity index is 351. The predicted octanol–water partition coefficient (Wildman–Crippen LogP) is 2.46. The normalized spacial score (nSPS) is 12.9. The average Bonchev–Trinajstić information content (AvgIpc) is 2.87. The Morgan fingerprint density at radius 1 is 1.50 bits per heavy atom. The van der Waals surface area contributed by atoms with Crippen molar-refractivity contribution >= 4 is 0 Å². The van der Waals surface area contributed by atoms with Gasteiger partial charge in [0.05, 0.1) is 12.3 Å². The maximum absolute atomic E-state index is 5.29. The largest absolute Gasteiger partial charge is 0.468 e. The van der Waals surface area contributed by atoms with Gasteiger partial charge in [-0.25, -0.2) is 0 Å². The van der Waals surface area contributed by atoms with Gasteiger partial charge in [-0.2, -0.15) is 0 Å². The van der Waals surface area contributed by atoms with E-state index < -0.39 is 0 Å². The van der Waals surface area contributed by atoms with Gasteiger partial charge in [-0.1, -0.05) is 0 Å². The molecule has 3 heteroatoms. The van der Waals surface area contributed by atoms with Gasteiger partial charge in [0.25, 0.3) is 0 Å². The standard InChI is InChI=1S/C11H14N2O/c1-9(11-3-2-6-14-11)13-8-10-4-5-12-7-10/h2-7,9,12-13H,8H2,1H3/t9-/m0/s1. The molecule has 74 valence electrons. The first-order valence-electron chi connectivity index (χ1n) is 4.75. The number of rotatable bonds is 4. The van der Waals surface area contributed by atoms with Crippen LogP contribution in [0.25, 0.3) is 0 Å². The number of aromatic amines is 1. The molecule has 0 saturated heterocycles. The zero-order chi connectivity index (χ0) is 9.80. The molecule has 0 fully saturated rings. The van der Waals surface area contributed by atoms with Crippen molar-refractivity contribution < 1.29 is 4.42 Å². The van der Waals surface area contributed by atoms with Gasteiger partial charge >= 0.3 is 0 Å². The SMILES string of the molecule is C[C@H](NCc1cc[nH]c1)c1ccco1. The second-order valence-corrected chi connectivity index (χ2v) is 3.34. The van der Waals surface area contributed by atoms with Crippen molar-refractivity contribution in [3.8, 4) is 0 Å². The van der Waals surface area contributed by atoms with Gasteiger partial charge in [0.15, 0.2) is 0 Å². The highest BCUT2D eigenvalue weighted by atomic mass is 16.3. The lowest BCUT2D eigenvalue weighted by Crippen LogP contribution is -2.17. The molecule has 2 rings (SSSR count). The van der Waals surface area contributed by atoms with E-state index in [1.165, 1.54) is 5.56 Å². The molecular formula is C11H14N2O. The fourth-order valence-electron chi connectivity index (χ4n) is 1.38.